The molecule has 4 heteroatoms. The van der Waals surface area contributed by atoms with Crippen molar-refractivity contribution in [3.63, 3.8) is 0 Å². The molecule has 0 aromatic carbocycles. The van der Waals surface area contributed by atoms with Gasteiger partial charge < -0.3 is 5.32 Å². The van der Waals surface area contributed by atoms with Gasteiger partial charge in [-0.15, -0.1) is 11.3 Å². The number of hydrogen-bond acceptors (Lipinski definition) is 3. The van der Waals surface area contributed by atoms with E-state index in [2.05, 4.69) is 24.1 Å². The minimum Gasteiger partial charge on any atom is -0.348 e. The van der Waals surface area contributed by atoms with Crippen molar-refractivity contribution in [3.8, 4) is 0 Å². The van der Waals surface area contributed by atoms with Gasteiger partial charge in [-0.3, -0.25) is 4.79 Å². The van der Waals surface area contributed by atoms with Crippen LogP contribution < -0.4 is 5.32 Å². The Morgan fingerprint density at radius 3 is 2.87 bits per heavy atom. The van der Waals surface area contributed by atoms with Crippen LogP contribution in [0.1, 0.15) is 37.2 Å². The molecule has 1 saturated carbocycles. The van der Waals surface area contributed by atoms with E-state index in [9.17, 15) is 4.79 Å². The van der Waals surface area contributed by atoms with Crippen LogP contribution in [0.5, 0.6) is 0 Å². The van der Waals surface area contributed by atoms with Crippen molar-refractivity contribution in [1.82, 2.24) is 10.3 Å². The van der Waals surface area contributed by atoms with Crippen LogP contribution in [-0.2, 0) is 0 Å². The van der Waals surface area contributed by atoms with Gasteiger partial charge in [-0.1, -0.05) is 13.8 Å². The van der Waals surface area contributed by atoms with E-state index in [0.29, 0.717) is 23.6 Å². The highest BCUT2D eigenvalue weighted by Crippen LogP contribution is 2.31. The number of carbonyl (C=O) groups is 1. The summed E-state index contributed by atoms with van der Waals surface area (Å²) in [6.45, 7) is 4.46. The van der Waals surface area contributed by atoms with E-state index in [1.807, 2.05) is 0 Å². The van der Waals surface area contributed by atoms with E-state index < -0.39 is 0 Å². The molecule has 1 aromatic heterocycles. The summed E-state index contributed by atoms with van der Waals surface area (Å²) in [5.41, 5.74) is 2.24. The van der Waals surface area contributed by atoms with E-state index in [0.717, 1.165) is 6.42 Å². The van der Waals surface area contributed by atoms with Crippen molar-refractivity contribution in [2.24, 2.45) is 11.8 Å². The quantitative estimate of drug-likeness (QED) is 0.837. The Morgan fingerprint density at radius 2 is 2.33 bits per heavy atom. The van der Waals surface area contributed by atoms with Crippen LogP contribution >= 0.6 is 11.3 Å². The number of hydrogen-bond donors (Lipinski definition) is 1. The predicted molar refractivity (Wildman–Crippen MR) is 60.9 cm³/mol. The zero-order valence-corrected chi connectivity index (χ0v) is 9.88. The normalized spacial score (nSPS) is 30.4. The molecule has 1 aliphatic rings. The number of aromatic nitrogens is 1. The molecular weight excluding hydrogens is 208 g/mol. The Labute approximate surface area is 93.9 Å². The number of nitrogens with one attached hydrogen (secondary N) is 1. The Kier molecular flexibility index (Phi) is 3.05. The lowest BCUT2D eigenvalue weighted by Crippen LogP contribution is -2.37. The first-order valence-corrected chi connectivity index (χ1v) is 6.32. The molecule has 3 atom stereocenters. The predicted octanol–water partition coefficient (Wildman–Crippen LogP) is 2.31. The molecule has 0 radical (unpaired) electrons. The molecule has 0 saturated heterocycles. The number of thiazole rings is 1. The Morgan fingerprint density at radius 1 is 1.53 bits per heavy atom. The van der Waals surface area contributed by atoms with Crippen molar-refractivity contribution in [1.29, 1.82) is 0 Å². The topological polar surface area (TPSA) is 42.0 Å². The van der Waals surface area contributed by atoms with Crippen molar-refractivity contribution < 1.29 is 4.79 Å². The summed E-state index contributed by atoms with van der Waals surface area (Å²) in [6.07, 6.45) is 2.31. The summed E-state index contributed by atoms with van der Waals surface area (Å²) in [5.74, 6) is 1.26. The SMILES string of the molecule is CC1CCC(NC(=O)c2cscn2)C1C. The van der Waals surface area contributed by atoms with Crippen LogP contribution in [0.4, 0.5) is 0 Å². The van der Waals surface area contributed by atoms with Gasteiger partial charge in [0.05, 0.1) is 5.51 Å². The highest BCUT2D eigenvalue weighted by atomic mass is 32.1. The van der Waals surface area contributed by atoms with E-state index >= 15 is 0 Å². The fourth-order valence-electron chi connectivity index (χ4n) is 2.14. The largest absolute Gasteiger partial charge is 0.348 e. The standard InChI is InChI=1S/C11H16N2OS/c1-7-3-4-9(8(7)2)13-11(14)10-5-15-6-12-10/h5-9H,3-4H2,1-2H3,(H,13,14). The van der Waals surface area contributed by atoms with Crippen molar-refractivity contribution >= 4 is 17.2 Å². The molecule has 1 amide bonds. The highest BCUT2D eigenvalue weighted by Gasteiger charge is 2.31. The van der Waals surface area contributed by atoms with Crippen molar-refractivity contribution in [2.45, 2.75) is 32.7 Å². The minimum absolute atomic E-state index is 0.0257. The zero-order chi connectivity index (χ0) is 10.8. The average molecular weight is 224 g/mol. The highest BCUT2D eigenvalue weighted by molar-refractivity contribution is 7.07. The fraction of sp³-hybridized carbons (Fsp3) is 0.636. The van der Waals surface area contributed by atoms with Crippen LogP contribution in [0, 0.1) is 11.8 Å². The number of carbonyl (C=O) groups excluding carboxylic acids is 1. The molecular formula is C11H16N2OS. The molecule has 2 rings (SSSR count). The van der Waals surface area contributed by atoms with Gasteiger partial charge in [0.2, 0.25) is 0 Å². The smallest absolute Gasteiger partial charge is 0.270 e. The van der Waals surface area contributed by atoms with E-state index in [-0.39, 0.29) is 5.91 Å². The van der Waals surface area contributed by atoms with Crippen molar-refractivity contribution in [3.05, 3.63) is 16.6 Å². The molecule has 82 valence electrons. The van der Waals surface area contributed by atoms with Gasteiger partial charge in [-0.25, -0.2) is 4.98 Å². The van der Waals surface area contributed by atoms with Gasteiger partial charge in [-0.05, 0) is 24.7 Å². The molecule has 1 aromatic rings. The molecule has 3 unspecified atom stereocenters. The summed E-state index contributed by atoms with van der Waals surface area (Å²) in [5, 5.41) is 4.86. The molecule has 0 aliphatic heterocycles. The molecule has 1 aliphatic carbocycles. The van der Waals surface area contributed by atoms with Gasteiger partial charge in [0, 0.05) is 11.4 Å². The van der Waals surface area contributed by atoms with Crippen LogP contribution in [0.2, 0.25) is 0 Å². The van der Waals surface area contributed by atoms with Crippen LogP contribution in [-0.4, -0.2) is 16.9 Å². The Bertz CT molecular complexity index is 336. The number of nitrogens with zero attached hydrogens (tertiary/aromatic N) is 1. The third-order valence-electron chi connectivity index (χ3n) is 3.45. The molecule has 0 bridgehead atoms. The van der Waals surface area contributed by atoms with E-state index in [4.69, 9.17) is 0 Å². The second-order valence-electron chi connectivity index (χ2n) is 4.37. The second kappa shape index (κ2) is 4.31. The molecule has 1 N–H and O–H groups in total. The summed E-state index contributed by atoms with van der Waals surface area (Å²) < 4.78 is 0. The molecule has 3 nitrogen and oxygen atoms in total. The fourth-order valence-corrected chi connectivity index (χ4v) is 2.67. The number of rotatable bonds is 2. The zero-order valence-electron chi connectivity index (χ0n) is 9.06. The maximum atomic E-state index is 11.7. The summed E-state index contributed by atoms with van der Waals surface area (Å²) >= 11 is 1.46. The summed E-state index contributed by atoms with van der Waals surface area (Å²) in [7, 11) is 0. The van der Waals surface area contributed by atoms with Gasteiger partial charge >= 0.3 is 0 Å². The minimum atomic E-state index is -0.0257. The van der Waals surface area contributed by atoms with Crippen LogP contribution in [0.15, 0.2) is 10.9 Å². The third-order valence-corrected chi connectivity index (χ3v) is 4.03. The van der Waals surface area contributed by atoms with Gasteiger partial charge in [0.15, 0.2) is 0 Å². The van der Waals surface area contributed by atoms with Gasteiger partial charge in [-0.2, -0.15) is 0 Å². The third kappa shape index (κ3) is 2.20. The first-order valence-electron chi connectivity index (χ1n) is 5.37. The van der Waals surface area contributed by atoms with Gasteiger partial charge in [0.1, 0.15) is 5.69 Å². The Balaban J connectivity index is 1.95. The Hall–Kier alpha value is -0.900. The lowest BCUT2D eigenvalue weighted by atomic mass is 9.98. The van der Waals surface area contributed by atoms with Crippen molar-refractivity contribution in [2.75, 3.05) is 0 Å². The average Bonchev–Trinajstić information content (AvgIpc) is 2.83. The van der Waals surface area contributed by atoms with E-state index in [1.54, 1.807) is 10.9 Å². The molecule has 1 heterocycles. The molecule has 15 heavy (non-hydrogen) atoms. The number of amides is 1. The van der Waals surface area contributed by atoms with Crippen LogP contribution in [0.3, 0.4) is 0 Å². The molecule has 1 fully saturated rings. The maximum Gasteiger partial charge on any atom is 0.270 e. The maximum absolute atomic E-state index is 11.7. The summed E-state index contributed by atoms with van der Waals surface area (Å²) in [4.78, 5) is 15.8. The second-order valence-corrected chi connectivity index (χ2v) is 5.09. The lowest BCUT2D eigenvalue weighted by Gasteiger charge is -2.18. The monoisotopic (exact) mass is 224 g/mol. The van der Waals surface area contributed by atoms with Crippen LogP contribution in [0.25, 0.3) is 0 Å². The molecule has 0 spiro atoms. The first-order chi connectivity index (χ1) is 7.18. The summed E-state index contributed by atoms with van der Waals surface area (Å²) in [6, 6.07) is 0.328. The lowest BCUT2D eigenvalue weighted by molar-refractivity contribution is 0.0923. The van der Waals surface area contributed by atoms with Gasteiger partial charge in [0.25, 0.3) is 5.91 Å². The van der Waals surface area contributed by atoms with E-state index in [1.165, 1.54) is 17.8 Å². The first kappa shape index (κ1) is 10.6.